The number of amides is 1. The van der Waals surface area contributed by atoms with E-state index in [4.69, 9.17) is 4.74 Å². The van der Waals surface area contributed by atoms with Gasteiger partial charge in [0.05, 0.1) is 0 Å². The number of halogens is 1. The molecule has 0 rings (SSSR count). The fraction of sp³-hybridized carbons (Fsp3) is 0.857. The molecule has 0 atom stereocenters. The Kier molecular flexibility index (Phi) is 18.7. The highest BCUT2D eigenvalue weighted by molar-refractivity contribution is 14.0. The van der Waals surface area contributed by atoms with E-state index < -0.39 is 0 Å². The van der Waals surface area contributed by atoms with E-state index in [-0.39, 0.29) is 36.4 Å². The van der Waals surface area contributed by atoms with E-state index in [9.17, 15) is 4.79 Å². The van der Waals surface area contributed by atoms with Crippen molar-refractivity contribution >= 4 is 47.6 Å². The van der Waals surface area contributed by atoms with E-state index in [1.165, 1.54) is 0 Å². The van der Waals surface area contributed by atoms with Crippen LogP contribution < -0.4 is 10.6 Å². The molecule has 0 aliphatic rings. The van der Waals surface area contributed by atoms with Gasteiger partial charge < -0.3 is 20.3 Å². The quantitative estimate of drug-likeness (QED) is 0.218. The van der Waals surface area contributed by atoms with Crippen LogP contribution in [0, 0.1) is 0 Å². The first-order valence-electron chi connectivity index (χ1n) is 7.40. The molecule has 0 spiro atoms. The summed E-state index contributed by atoms with van der Waals surface area (Å²) in [6.45, 7) is 5.39. The SMILES string of the molecule is CCOCCCCNC(=NCC(=O)N(C)C)NCCSC.I. The maximum Gasteiger partial charge on any atom is 0.243 e. The van der Waals surface area contributed by atoms with Gasteiger partial charge in [0.2, 0.25) is 5.91 Å². The summed E-state index contributed by atoms with van der Waals surface area (Å²) < 4.78 is 5.30. The summed E-state index contributed by atoms with van der Waals surface area (Å²) in [5, 5.41) is 6.49. The molecule has 2 N–H and O–H groups in total. The molecule has 0 aromatic rings. The second kappa shape index (κ2) is 17.1. The molecule has 0 aliphatic carbocycles. The molecule has 0 unspecified atom stereocenters. The summed E-state index contributed by atoms with van der Waals surface area (Å²) >= 11 is 1.77. The molecular formula is C14H31IN4O2S. The summed E-state index contributed by atoms with van der Waals surface area (Å²) in [5.74, 6) is 1.71. The zero-order valence-electron chi connectivity index (χ0n) is 14.2. The van der Waals surface area contributed by atoms with Crippen molar-refractivity contribution in [2.45, 2.75) is 19.8 Å². The van der Waals surface area contributed by atoms with E-state index >= 15 is 0 Å². The number of nitrogens with zero attached hydrogens (tertiary/aromatic N) is 2. The van der Waals surface area contributed by atoms with Crippen LogP contribution in [-0.4, -0.2) is 75.7 Å². The third-order valence-corrected chi connectivity index (χ3v) is 3.29. The number of ether oxygens (including phenoxy) is 1. The summed E-state index contributed by atoms with van der Waals surface area (Å²) in [5.41, 5.74) is 0. The second-order valence-corrected chi connectivity index (χ2v) is 5.69. The molecule has 0 heterocycles. The van der Waals surface area contributed by atoms with Gasteiger partial charge in [-0.15, -0.1) is 24.0 Å². The van der Waals surface area contributed by atoms with Crippen molar-refractivity contribution in [2.75, 3.05) is 59.0 Å². The van der Waals surface area contributed by atoms with Gasteiger partial charge >= 0.3 is 0 Å². The normalized spacial score (nSPS) is 10.8. The van der Waals surface area contributed by atoms with Gasteiger partial charge in [-0.3, -0.25) is 4.79 Å². The molecular weight excluding hydrogens is 415 g/mol. The summed E-state index contributed by atoms with van der Waals surface area (Å²) in [6, 6.07) is 0. The van der Waals surface area contributed by atoms with Crippen molar-refractivity contribution in [3.05, 3.63) is 0 Å². The lowest BCUT2D eigenvalue weighted by atomic mass is 10.3. The minimum absolute atomic E-state index is 0. The summed E-state index contributed by atoms with van der Waals surface area (Å²) in [7, 11) is 3.47. The second-order valence-electron chi connectivity index (χ2n) is 4.70. The average Bonchev–Trinajstić information content (AvgIpc) is 2.47. The molecule has 0 saturated carbocycles. The fourth-order valence-electron chi connectivity index (χ4n) is 1.41. The lowest BCUT2D eigenvalue weighted by molar-refractivity contribution is -0.127. The number of likely N-dealkylation sites (N-methyl/N-ethyl adjacent to an activating group) is 1. The van der Waals surface area contributed by atoms with Crippen LogP contribution in [-0.2, 0) is 9.53 Å². The molecule has 0 bridgehead atoms. The first-order chi connectivity index (χ1) is 10.1. The van der Waals surface area contributed by atoms with Crippen LogP contribution in [0.25, 0.3) is 0 Å². The Hall–Kier alpha value is -0.220. The summed E-state index contributed by atoms with van der Waals surface area (Å²) in [4.78, 5) is 17.4. The molecule has 0 fully saturated rings. The van der Waals surface area contributed by atoms with Crippen LogP contribution in [0.4, 0.5) is 0 Å². The Bertz CT molecular complexity index is 305. The Morgan fingerprint density at radius 1 is 1.23 bits per heavy atom. The summed E-state index contributed by atoms with van der Waals surface area (Å²) in [6.07, 6.45) is 4.11. The molecule has 0 aromatic carbocycles. The molecule has 8 heteroatoms. The highest BCUT2D eigenvalue weighted by Gasteiger charge is 2.04. The van der Waals surface area contributed by atoms with Crippen molar-refractivity contribution in [2.24, 2.45) is 4.99 Å². The van der Waals surface area contributed by atoms with Crippen molar-refractivity contribution in [1.29, 1.82) is 0 Å². The Labute approximate surface area is 156 Å². The van der Waals surface area contributed by atoms with Gasteiger partial charge in [-0.05, 0) is 26.0 Å². The van der Waals surface area contributed by atoms with Gasteiger partial charge in [0.15, 0.2) is 5.96 Å². The molecule has 6 nitrogen and oxygen atoms in total. The van der Waals surface area contributed by atoms with Crippen LogP contribution >= 0.6 is 35.7 Å². The maximum atomic E-state index is 11.6. The van der Waals surface area contributed by atoms with Gasteiger partial charge in [0.25, 0.3) is 0 Å². The van der Waals surface area contributed by atoms with Gasteiger partial charge in [-0.1, -0.05) is 0 Å². The van der Waals surface area contributed by atoms with E-state index in [0.29, 0.717) is 5.96 Å². The number of carbonyl (C=O) groups is 1. The Morgan fingerprint density at radius 3 is 2.50 bits per heavy atom. The van der Waals surface area contributed by atoms with Crippen molar-refractivity contribution in [3.8, 4) is 0 Å². The van der Waals surface area contributed by atoms with E-state index in [2.05, 4.69) is 21.9 Å². The van der Waals surface area contributed by atoms with E-state index in [1.807, 2.05) is 6.92 Å². The molecule has 0 aromatic heterocycles. The molecule has 0 radical (unpaired) electrons. The number of unbranched alkanes of at least 4 members (excludes halogenated alkanes) is 1. The maximum absolute atomic E-state index is 11.6. The number of aliphatic imine (C=N–C) groups is 1. The van der Waals surface area contributed by atoms with Crippen molar-refractivity contribution < 1.29 is 9.53 Å². The number of rotatable bonds is 11. The molecule has 0 aliphatic heterocycles. The predicted octanol–water partition coefficient (Wildman–Crippen LogP) is 1.41. The fourth-order valence-corrected chi connectivity index (χ4v) is 1.72. The number of carbonyl (C=O) groups excluding carboxylic acids is 1. The van der Waals surface area contributed by atoms with Crippen LogP contribution in [0.15, 0.2) is 4.99 Å². The van der Waals surface area contributed by atoms with Crippen LogP contribution in [0.2, 0.25) is 0 Å². The van der Waals surface area contributed by atoms with Crippen LogP contribution in [0.3, 0.4) is 0 Å². The van der Waals surface area contributed by atoms with Crippen molar-refractivity contribution in [3.63, 3.8) is 0 Å². The van der Waals surface area contributed by atoms with Crippen molar-refractivity contribution in [1.82, 2.24) is 15.5 Å². The zero-order valence-corrected chi connectivity index (χ0v) is 17.3. The Balaban J connectivity index is 0. The van der Waals surface area contributed by atoms with Gasteiger partial charge in [0.1, 0.15) is 6.54 Å². The van der Waals surface area contributed by atoms with Gasteiger partial charge in [0, 0.05) is 46.2 Å². The first-order valence-corrected chi connectivity index (χ1v) is 8.80. The van der Waals surface area contributed by atoms with Gasteiger partial charge in [-0.2, -0.15) is 11.8 Å². The molecule has 1 amide bonds. The topological polar surface area (TPSA) is 66.0 Å². The number of guanidine groups is 1. The van der Waals surface area contributed by atoms with Crippen LogP contribution in [0.1, 0.15) is 19.8 Å². The highest BCUT2D eigenvalue weighted by atomic mass is 127. The van der Waals surface area contributed by atoms with E-state index in [0.717, 1.165) is 44.9 Å². The van der Waals surface area contributed by atoms with Gasteiger partial charge in [-0.25, -0.2) is 4.99 Å². The first kappa shape index (κ1) is 24.0. The standard InChI is InChI=1S/C14H30N4O2S.HI/c1-5-20-10-7-6-8-15-14(16-9-11-21-4)17-12-13(19)18(2)3;/h5-12H2,1-4H3,(H2,15,16,17);1H. The van der Waals surface area contributed by atoms with Crippen LogP contribution in [0.5, 0.6) is 0 Å². The zero-order chi connectivity index (χ0) is 15.9. The lowest BCUT2D eigenvalue weighted by Crippen LogP contribution is -2.40. The third kappa shape index (κ3) is 14.7. The smallest absolute Gasteiger partial charge is 0.243 e. The highest BCUT2D eigenvalue weighted by Crippen LogP contribution is 1.90. The molecule has 22 heavy (non-hydrogen) atoms. The molecule has 132 valence electrons. The molecule has 0 saturated heterocycles. The Morgan fingerprint density at radius 2 is 1.91 bits per heavy atom. The largest absolute Gasteiger partial charge is 0.382 e. The minimum atomic E-state index is -0.00249. The predicted molar refractivity (Wildman–Crippen MR) is 107 cm³/mol. The van der Waals surface area contributed by atoms with E-state index in [1.54, 1.807) is 30.8 Å². The number of thioether (sulfide) groups is 1. The monoisotopic (exact) mass is 446 g/mol. The number of hydrogen-bond acceptors (Lipinski definition) is 4. The average molecular weight is 446 g/mol. The number of nitrogens with one attached hydrogen (secondary N) is 2. The number of hydrogen-bond donors (Lipinski definition) is 2. The lowest BCUT2D eigenvalue weighted by Gasteiger charge is -2.13. The third-order valence-electron chi connectivity index (χ3n) is 2.68. The minimum Gasteiger partial charge on any atom is -0.382 e.